The van der Waals surface area contributed by atoms with Crippen LogP contribution in [0.1, 0.15) is 34.3 Å². The molecule has 1 unspecified atom stereocenters. The first-order valence-electron chi connectivity index (χ1n) is 11.0. The van der Waals surface area contributed by atoms with Crippen LogP contribution in [0.25, 0.3) is 0 Å². The molecule has 2 aromatic carbocycles. The first-order chi connectivity index (χ1) is 16.3. The standard InChI is InChI=1S/C25H27N3O5S/c1-17-5-11-23(18(2)14-17)34(30,31)28-20-7-9-21(10-8-20)33-24-12-6-19(15-26-24)25(29)27-16-22-4-3-13-32-22/h5-12,14-15,22,28H,3-4,13,16H2,1-2H3,(H,27,29). The Bertz CT molecular complexity index is 1250. The van der Waals surface area contributed by atoms with Crippen molar-refractivity contribution in [2.45, 2.75) is 37.7 Å². The summed E-state index contributed by atoms with van der Waals surface area (Å²) < 4.78 is 39.3. The fourth-order valence-corrected chi connectivity index (χ4v) is 5.00. The van der Waals surface area contributed by atoms with Gasteiger partial charge in [-0.25, -0.2) is 13.4 Å². The summed E-state index contributed by atoms with van der Waals surface area (Å²) in [7, 11) is -3.70. The van der Waals surface area contributed by atoms with Gasteiger partial charge in [0.05, 0.1) is 16.6 Å². The number of hydrogen-bond donors (Lipinski definition) is 2. The quantitative estimate of drug-likeness (QED) is 0.499. The molecule has 1 atom stereocenters. The van der Waals surface area contributed by atoms with Crippen LogP contribution in [-0.2, 0) is 14.8 Å². The van der Waals surface area contributed by atoms with E-state index in [-0.39, 0.29) is 16.9 Å². The highest BCUT2D eigenvalue weighted by atomic mass is 32.2. The summed E-state index contributed by atoms with van der Waals surface area (Å²) in [5.41, 5.74) is 2.53. The number of nitrogens with one attached hydrogen (secondary N) is 2. The summed E-state index contributed by atoms with van der Waals surface area (Å²) in [6.45, 7) is 4.91. The molecule has 0 bridgehead atoms. The zero-order chi connectivity index (χ0) is 24.1. The molecular formula is C25H27N3O5S. The molecule has 2 N–H and O–H groups in total. The van der Waals surface area contributed by atoms with E-state index in [1.807, 2.05) is 13.0 Å². The first-order valence-corrected chi connectivity index (χ1v) is 12.5. The Morgan fingerprint density at radius 2 is 1.91 bits per heavy atom. The van der Waals surface area contributed by atoms with Crippen molar-refractivity contribution in [2.75, 3.05) is 17.9 Å². The number of rotatable bonds is 8. The Kier molecular flexibility index (Phi) is 7.14. The van der Waals surface area contributed by atoms with E-state index >= 15 is 0 Å². The zero-order valence-electron chi connectivity index (χ0n) is 19.1. The van der Waals surface area contributed by atoms with Gasteiger partial charge in [0.2, 0.25) is 5.88 Å². The molecule has 2 heterocycles. The van der Waals surface area contributed by atoms with Crippen molar-refractivity contribution in [3.05, 3.63) is 77.5 Å². The van der Waals surface area contributed by atoms with Crippen LogP contribution in [0.4, 0.5) is 5.69 Å². The Hall–Kier alpha value is -3.43. The molecule has 1 saturated heterocycles. The molecule has 8 nitrogen and oxygen atoms in total. The maximum absolute atomic E-state index is 12.7. The maximum Gasteiger partial charge on any atom is 0.262 e. The maximum atomic E-state index is 12.7. The third-order valence-corrected chi connectivity index (χ3v) is 7.00. The zero-order valence-corrected chi connectivity index (χ0v) is 19.9. The molecule has 34 heavy (non-hydrogen) atoms. The van der Waals surface area contributed by atoms with Crippen LogP contribution < -0.4 is 14.8 Å². The van der Waals surface area contributed by atoms with Gasteiger partial charge in [0.15, 0.2) is 0 Å². The molecule has 4 rings (SSSR count). The highest BCUT2D eigenvalue weighted by Gasteiger charge is 2.18. The van der Waals surface area contributed by atoms with E-state index in [2.05, 4.69) is 15.0 Å². The summed E-state index contributed by atoms with van der Waals surface area (Å²) >= 11 is 0. The SMILES string of the molecule is Cc1ccc(S(=O)(=O)Nc2ccc(Oc3ccc(C(=O)NCC4CCCO4)cn3)cc2)c(C)c1. The number of carbonyl (C=O) groups excluding carboxylic acids is 1. The average Bonchev–Trinajstić information content (AvgIpc) is 3.32. The van der Waals surface area contributed by atoms with Crippen LogP contribution in [0.2, 0.25) is 0 Å². The number of amides is 1. The minimum atomic E-state index is -3.70. The summed E-state index contributed by atoms with van der Waals surface area (Å²) in [5.74, 6) is 0.590. The fraction of sp³-hybridized carbons (Fsp3) is 0.280. The van der Waals surface area contributed by atoms with Crippen molar-refractivity contribution in [2.24, 2.45) is 0 Å². The lowest BCUT2D eigenvalue weighted by Gasteiger charge is -2.12. The van der Waals surface area contributed by atoms with E-state index in [9.17, 15) is 13.2 Å². The Morgan fingerprint density at radius 3 is 2.56 bits per heavy atom. The van der Waals surface area contributed by atoms with Crippen LogP contribution in [0, 0.1) is 13.8 Å². The van der Waals surface area contributed by atoms with E-state index in [1.54, 1.807) is 55.5 Å². The molecule has 0 aliphatic carbocycles. The van der Waals surface area contributed by atoms with Gasteiger partial charge < -0.3 is 14.8 Å². The van der Waals surface area contributed by atoms with Crippen molar-refractivity contribution in [1.82, 2.24) is 10.3 Å². The van der Waals surface area contributed by atoms with Gasteiger partial charge in [-0.2, -0.15) is 0 Å². The average molecular weight is 482 g/mol. The van der Waals surface area contributed by atoms with Gasteiger partial charge in [-0.05, 0) is 68.7 Å². The second kappa shape index (κ2) is 10.2. The van der Waals surface area contributed by atoms with Gasteiger partial charge >= 0.3 is 0 Å². The van der Waals surface area contributed by atoms with Crippen molar-refractivity contribution in [1.29, 1.82) is 0 Å². The minimum Gasteiger partial charge on any atom is -0.439 e. The normalized spacial score (nSPS) is 15.6. The van der Waals surface area contributed by atoms with Crippen LogP contribution in [0.15, 0.2) is 65.7 Å². The molecule has 0 radical (unpaired) electrons. The monoisotopic (exact) mass is 481 g/mol. The molecule has 3 aromatic rings. The fourth-order valence-electron chi connectivity index (χ4n) is 3.71. The molecule has 1 aromatic heterocycles. The molecule has 9 heteroatoms. The van der Waals surface area contributed by atoms with E-state index in [0.717, 1.165) is 25.0 Å². The topological polar surface area (TPSA) is 107 Å². The number of pyridine rings is 1. The third-order valence-electron chi connectivity index (χ3n) is 5.46. The van der Waals surface area contributed by atoms with Gasteiger partial charge in [-0.1, -0.05) is 17.7 Å². The third kappa shape index (κ3) is 5.92. The molecule has 1 aliphatic rings. The van der Waals surface area contributed by atoms with Gasteiger partial charge in [-0.15, -0.1) is 0 Å². The predicted octanol–water partition coefficient (Wildman–Crippen LogP) is 4.20. The van der Waals surface area contributed by atoms with E-state index in [0.29, 0.717) is 35.0 Å². The largest absolute Gasteiger partial charge is 0.439 e. The number of hydrogen-bond acceptors (Lipinski definition) is 6. The van der Waals surface area contributed by atoms with Crippen LogP contribution in [-0.4, -0.2) is 38.6 Å². The molecular weight excluding hydrogens is 454 g/mol. The van der Waals surface area contributed by atoms with Gasteiger partial charge in [-0.3, -0.25) is 9.52 Å². The van der Waals surface area contributed by atoms with Crippen molar-refractivity contribution in [3.8, 4) is 11.6 Å². The molecule has 178 valence electrons. The molecule has 0 spiro atoms. The number of carbonyl (C=O) groups is 1. The Morgan fingerprint density at radius 1 is 1.12 bits per heavy atom. The second-order valence-corrected chi connectivity index (χ2v) is 9.88. The lowest BCUT2D eigenvalue weighted by molar-refractivity contribution is 0.0857. The molecule has 1 aliphatic heterocycles. The summed E-state index contributed by atoms with van der Waals surface area (Å²) in [4.78, 5) is 16.7. The predicted molar refractivity (Wildman–Crippen MR) is 129 cm³/mol. The van der Waals surface area contributed by atoms with Crippen molar-refractivity contribution in [3.63, 3.8) is 0 Å². The van der Waals surface area contributed by atoms with Crippen LogP contribution in [0.3, 0.4) is 0 Å². The van der Waals surface area contributed by atoms with Crippen LogP contribution in [0.5, 0.6) is 11.6 Å². The number of aromatic nitrogens is 1. The second-order valence-electron chi connectivity index (χ2n) is 8.23. The smallest absolute Gasteiger partial charge is 0.262 e. The highest BCUT2D eigenvalue weighted by molar-refractivity contribution is 7.92. The van der Waals surface area contributed by atoms with Gasteiger partial charge in [0, 0.05) is 31.1 Å². The lowest BCUT2D eigenvalue weighted by Crippen LogP contribution is -2.31. The summed E-state index contributed by atoms with van der Waals surface area (Å²) in [6.07, 6.45) is 3.50. The number of aryl methyl sites for hydroxylation is 2. The number of sulfonamides is 1. The molecule has 1 amide bonds. The summed E-state index contributed by atoms with van der Waals surface area (Å²) in [6, 6.07) is 15.0. The number of nitrogens with zero attached hydrogens (tertiary/aromatic N) is 1. The van der Waals surface area contributed by atoms with Crippen LogP contribution >= 0.6 is 0 Å². The number of ether oxygens (including phenoxy) is 2. The minimum absolute atomic E-state index is 0.0767. The number of benzene rings is 2. The van der Waals surface area contributed by atoms with E-state index in [4.69, 9.17) is 9.47 Å². The lowest BCUT2D eigenvalue weighted by atomic mass is 10.2. The van der Waals surface area contributed by atoms with Gasteiger partial charge in [0.25, 0.3) is 15.9 Å². The van der Waals surface area contributed by atoms with E-state index in [1.165, 1.54) is 6.20 Å². The Balaban J connectivity index is 1.34. The van der Waals surface area contributed by atoms with E-state index < -0.39 is 10.0 Å². The van der Waals surface area contributed by atoms with Crippen molar-refractivity contribution >= 4 is 21.6 Å². The first kappa shape index (κ1) is 23.7. The van der Waals surface area contributed by atoms with Gasteiger partial charge in [0.1, 0.15) is 5.75 Å². The molecule has 0 saturated carbocycles. The highest BCUT2D eigenvalue weighted by Crippen LogP contribution is 2.24. The van der Waals surface area contributed by atoms with Crippen molar-refractivity contribution < 1.29 is 22.7 Å². The molecule has 1 fully saturated rings. The summed E-state index contributed by atoms with van der Waals surface area (Å²) in [5, 5.41) is 2.85. The number of anilines is 1. The Labute approximate surface area is 199 Å².